The Bertz CT molecular complexity index is 407. The second-order valence-electron chi connectivity index (χ2n) is 4.95. The smallest absolute Gasteiger partial charge is 0.224 e. The summed E-state index contributed by atoms with van der Waals surface area (Å²) in [6.07, 6.45) is 0.401. The van der Waals surface area contributed by atoms with Crippen molar-refractivity contribution in [2.24, 2.45) is 11.7 Å². The van der Waals surface area contributed by atoms with Crippen molar-refractivity contribution in [2.45, 2.75) is 32.9 Å². The first-order valence-corrected chi connectivity index (χ1v) is 6.94. The highest BCUT2D eigenvalue weighted by molar-refractivity contribution is 9.10. The summed E-state index contributed by atoms with van der Waals surface area (Å²) in [6, 6.07) is 7.85. The number of amides is 1. The minimum atomic E-state index is -0.0702. The highest BCUT2D eigenvalue weighted by Crippen LogP contribution is 2.17. The Hall–Kier alpha value is -0.870. The van der Waals surface area contributed by atoms with Gasteiger partial charge in [-0.3, -0.25) is 4.79 Å². The Morgan fingerprint density at radius 1 is 1.39 bits per heavy atom. The zero-order valence-electron chi connectivity index (χ0n) is 11.2. The fraction of sp³-hybridized carbons (Fsp3) is 0.500. The third-order valence-corrected chi connectivity index (χ3v) is 3.83. The zero-order valence-corrected chi connectivity index (χ0v) is 12.8. The molecular formula is C14H21BrN2O. The molecule has 2 N–H and O–H groups in total. The van der Waals surface area contributed by atoms with Gasteiger partial charge < -0.3 is 10.6 Å². The number of rotatable bonds is 5. The number of hydrogen-bond acceptors (Lipinski definition) is 2. The fourth-order valence-corrected chi connectivity index (χ4v) is 1.97. The Morgan fingerprint density at radius 2 is 2.00 bits per heavy atom. The largest absolute Gasteiger partial charge is 0.341 e. The third-order valence-electron chi connectivity index (χ3n) is 3.06. The first-order valence-electron chi connectivity index (χ1n) is 6.14. The summed E-state index contributed by atoms with van der Waals surface area (Å²) in [5, 5.41) is 0. The molecule has 3 nitrogen and oxygen atoms in total. The lowest BCUT2D eigenvalue weighted by molar-refractivity contribution is -0.131. The van der Waals surface area contributed by atoms with Crippen molar-refractivity contribution < 1.29 is 4.79 Å². The second-order valence-corrected chi connectivity index (χ2v) is 5.81. The zero-order chi connectivity index (χ0) is 13.7. The summed E-state index contributed by atoms with van der Waals surface area (Å²) >= 11 is 3.49. The number of carbonyl (C=O) groups is 1. The molecule has 0 aliphatic carbocycles. The Morgan fingerprint density at radius 3 is 2.56 bits per heavy atom. The van der Waals surface area contributed by atoms with Gasteiger partial charge in [0.2, 0.25) is 5.91 Å². The van der Waals surface area contributed by atoms with Gasteiger partial charge in [0.15, 0.2) is 0 Å². The number of hydrogen-bond donors (Lipinski definition) is 1. The molecule has 0 aliphatic heterocycles. The maximum atomic E-state index is 12.0. The molecule has 1 aromatic carbocycles. The van der Waals surface area contributed by atoms with E-state index in [0.29, 0.717) is 18.9 Å². The van der Waals surface area contributed by atoms with Gasteiger partial charge in [-0.2, -0.15) is 0 Å². The molecule has 0 bridgehead atoms. The maximum Gasteiger partial charge on any atom is 0.224 e. The van der Waals surface area contributed by atoms with Crippen LogP contribution in [0.3, 0.4) is 0 Å². The third kappa shape index (κ3) is 4.42. The standard InChI is InChI=1S/C14H21BrN2O/c1-10(2)13(16)8-14(18)17(3)9-11-6-4-5-7-12(11)15/h4-7,10,13H,8-9,16H2,1-3H3. The van der Waals surface area contributed by atoms with Crippen molar-refractivity contribution in [3.63, 3.8) is 0 Å². The van der Waals surface area contributed by atoms with Crippen LogP contribution >= 0.6 is 15.9 Å². The maximum absolute atomic E-state index is 12.0. The van der Waals surface area contributed by atoms with Crippen molar-refractivity contribution in [1.82, 2.24) is 4.90 Å². The molecule has 1 atom stereocenters. The summed E-state index contributed by atoms with van der Waals surface area (Å²) in [6.45, 7) is 4.67. The van der Waals surface area contributed by atoms with Crippen molar-refractivity contribution in [3.05, 3.63) is 34.3 Å². The number of nitrogens with zero attached hydrogens (tertiary/aromatic N) is 1. The van der Waals surface area contributed by atoms with Crippen LogP contribution in [-0.2, 0) is 11.3 Å². The molecule has 18 heavy (non-hydrogen) atoms. The molecule has 1 amide bonds. The van der Waals surface area contributed by atoms with Gasteiger partial charge in [-0.1, -0.05) is 48.0 Å². The van der Waals surface area contributed by atoms with Crippen molar-refractivity contribution in [3.8, 4) is 0 Å². The van der Waals surface area contributed by atoms with E-state index >= 15 is 0 Å². The molecule has 0 aromatic heterocycles. The molecule has 0 aliphatic rings. The van der Waals surface area contributed by atoms with E-state index in [1.165, 1.54) is 0 Å². The predicted octanol–water partition coefficient (Wildman–Crippen LogP) is 2.78. The Balaban J connectivity index is 2.58. The van der Waals surface area contributed by atoms with Gasteiger partial charge in [-0.05, 0) is 17.5 Å². The summed E-state index contributed by atoms with van der Waals surface area (Å²) in [5.41, 5.74) is 7.02. The second kappa shape index (κ2) is 6.90. The van der Waals surface area contributed by atoms with Gasteiger partial charge in [-0.15, -0.1) is 0 Å². The molecule has 0 spiro atoms. The molecular weight excluding hydrogens is 292 g/mol. The van der Waals surface area contributed by atoms with E-state index in [1.807, 2.05) is 45.2 Å². The first-order chi connectivity index (χ1) is 8.41. The summed E-state index contributed by atoms with van der Waals surface area (Å²) in [7, 11) is 1.81. The van der Waals surface area contributed by atoms with E-state index in [1.54, 1.807) is 4.90 Å². The molecule has 0 radical (unpaired) electrons. The molecule has 4 heteroatoms. The fourth-order valence-electron chi connectivity index (χ4n) is 1.56. The van der Waals surface area contributed by atoms with E-state index in [-0.39, 0.29) is 11.9 Å². The number of carbonyl (C=O) groups excluding carboxylic acids is 1. The Labute approximate surface area is 117 Å². The van der Waals surface area contributed by atoms with E-state index in [2.05, 4.69) is 15.9 Å². The van der Waals surface area contributed by atoms with Crippen LogP contribution in [0, 0.1) is 5.92 Å². The van der Waals surface area contributed by atoms with Crippen LogP contribution in [0.15, 0.2) is 28.7 Å². The van der Waals surface area contributed by atoms with Crippen LogP contribution in [0.1, 0.15) is 25.8 Å². The van der Waals surface area contributed by atoms with Gasteiger partial charge in [-0.25, -0.2) is 0 Å². The van der Waals surface area contributed by atoms with Crippen LogP contribution in [0.4, 0.5) is 0 Å². The van der Waals surface area contributed by atoms with E-state index < -0.39 is 0 Å². The van der Waals surface area contributed by atoms with Crippen LogP contribution < -0.4 is 5.73 Å². The van der Waals surface area contributed by atoms with Crippen LogP contribution in [-0.4, -0.2) is 23.9 Å². The monoisotopic (exact) mass is 312 g/mol. The van der Waals surface area contributed by atoms with Gasteiger partial charge in [0, 0.05) is 30.5 Å². The molecule has 0 heterocycles. The van der Waals surface area contributed by atoms with Gasteiger partial charge in [0.05, 0.1) is 0 Å². The summed E-state index contributed by atoms with van der Waals surface area (Å²) in [4.78, 5) is 13.7. The lowest BCUT2D eigenvalue weighted by Crippen LogP contribution is -2.35. The quantitative estimate of drug-likeness (QED) is 0.908. The van der Waals surface area contributed by atoms with Crippen molar-refractivity contribution in [2.75, 3.05) is 7.05 Å². The lowest BCUT2D eigenvalue weighted by Gasteiger charge is -2.21. The first kappa shape index (κ1) is 15.2. The number of nitrogens with two attached hydrogens (primary N) is 1. The average molecular weight is 313 g/mol. The van der Waals surface area contributed by atoms with E-state index in [9.17, 15) is 4.79 Å². The average Bonchev–Trinajstić information content (AvgIpc) is 2.31. The summed E-state index contributed by atoms with van der Waals surface area (Å²) < 4.78 is 1.03. The normalized spacial score (nSPS) is 12.6. The minimum Gasteiger partial charge on any atom is -0.341 e. The SMILES string of the molecule is CC(C)C(N)CC(=O)N(C)Cc1ccccc1Br. The highest BCUT2D eigenvalue weighted by Gasteiger charge is 2.16. The number of benzene rings is 1. The van der Waals surface area contributed by atoms with Crippen LogP contribution in [0.2, 0.25) is 0 Å². The molecule has 0 saturated heterocycles. The minimum absolute atomic E-state index is 0.0702. The van der Waals surface area contributed by atoms with Gasteiger partial charge in [0.25, 0.3) is 0 Å². The van der Waals surface area contributed by atoms with Crippen LogP contribution in [0.25, 0.3) is 0 Å². The van der Waals surface area contributed by atoms with Crippen LogP contribution in [0.5, 0.6) is 0 Å². The van der Waals surface area contributed by atoms with Crippen molar-refractivity contribution in [1.29, 1.82) is 0 Å². The van der Waals surface area contributed by atoms with E-state index in [4.69, 9.17) is 5.73 Å². The molecule has 0 saturated carbocycles. The topological polar surface area (TPSA) is 46.3 Å². The van der Waals surface area contributed by atoms with Crippen molar-refractivity contribution >= 4 is 21.8 Å². The molecule has 1 aromatic rings. The number of halogens is 1. The molecule has 1 unspecified atom stereocenters. The summed E-state index contributed by atoms with van der Waals surface area (Å²) in [5.74, 6) is 0.415. The Kier molecular flexibility index (Phi) is 5.82. The molecule has 0 fully saturated rings. The van der Waals surface area contributed by atoms with Gasteiger partial charge in [0.1, 0.15) is 0 Å². The van der Waals surface area contributed by atoms with E-state index in [0.717, 1.165) is 10.0 Å². The highest BCUT2D eigenvalue weighted by atomic mass is 79.9. The molecule has 1 rings (SSSR count). The predicted molar refractivity (Wildman–Crippen MR) is 78.0 cm³/mol. The van der Waals surface area contributed by atoms with Gasteiger partial charge >= 0.3 is 0 Å². The molecule has 100 valence electrons. The lowest BCUT2D eigenvalue weighted by atomic mass is 10.0.